The van der Waals surface area contributed by atoms with Crippen molar-refractivity contribution in [1.82, 2.24) is 10.1 Å². The van der Waals surface area contributed by atoms with E-state index in [0.717, 1.165) is 17.1 Å². The van der Waals surface area contributed by atoms with E-state index < -0.39 is 0 Å². The van der Waals surface area contributed by atoms with E-state index in [4.69, 9.17) is 16.1 Å². The molecule has 0 fully saturated rings. The number of hydrogen-bond acceptors (Lipinski definition) is 5. The molecule has 0 amide bonds. The van der Waals surface area contributed by atoms with Crippen LogP contribution in [-0.4, -0.2) is 15.9 Å². The summed E-state index contributed by atoms with van der Waals surface area (Å²) in [5.41, 5.74) is 1.40. The quantitative estimate of drug-likeness (QED) is 0.787. The number of fused-ring (bicyclic) bond motifs is 1. The third-order valence-electron chi connectivity index (χ3n) is 2.24. The second kappa shape index (κ2) is 3.81. The molecule has 2 aromatic heterocycles. The topological polar surface area (TPSA) is 38.9 Å². The lowest BCUT2D eigenvalue weighted by Gasteiger charge is -2.08. The third kappa shape index (κ3) is 1.79. The monoisotopic (exact) mass is 258 g/mol. The molecule has 0 spiro atoms. The Morgan fingerprint density at radius 1 is 1.47 bits per heavy atom. The normalized spacial score (nSPS) is 15.3. The second-order valence-corrected chi connectivity index (χ2v) is 5.81. The van der Waals surface area contributed by atoms with E-state index in [1.165, 1.54) is 16.2 Å². The largest absolute Gasteiger partial charge is 0.332 e. The first kappa shape index (κ1) is 9.69. The van der Waals surface area contributed by atoms with E-state index in [0.29, 0.717) is 5.89 Å². The van der Waals surface area contributed by atoms with Crippen molar-refractivity contribution in [3.8, 4) is 10.8 Å². The number of hydrogen-bond donors (Lipinski definition) is 0. The number of thiophene rings is 1. The fraction of sp³-hybridized carbons (Fsp3) is 0.333. The van der Waals surface area contributed by atoms with Crippen LogP contribution in [0.2, 0.25) is 5.28 Å². The van der Waals surface area contributed by atoms with Gasteiger partial charge in [-0.1, -0.05) is 0 Å². The predicted molar refractivity (Wildman–Crippen MR) is 62.5 cm³/mol. The van der Waals surface area contributed by atoms with Gasteiger partial charge in [0.2, 0.25) is 0 Å². The van der Waals surface area contributed by atoms with Gasteiger partial charge < -0.3 is 4.52 Å². The summed E-state index contributed by atoms with van der Waals surface area (Å²) in [6, 6.07) is 2.13. The molecule has 3 rings (SSSR count). The van der Waals surface area contributed by atoms with Crippen LogP contribution in [0.15, 0.2) is 10.6 Å². The molecule has 0 saturated carbocycles. The average molecular weight is 259 g/mol. The lowest BCUT2D eigenvalue weighted by molar-refractivity contribution is 0.431. The van der Waals surface area contributed by atoms with Gasteiger partial charge in [0, 0.05) is 10.6 Å². The van der Waals surface area contributed by atoms with Crippen LogP contribution in [0.4, 0.5) is 0 Å². The molecular weight excluding hydrogens is 252 g/mol. The zero-order valence-corrected chi connectivity index (χ0v) is 10.1. The highest BCUT2D eigenvalue weighted by atomic mass is 35.5. The van der Waals surface area contributed by atoms with Crippen LogP contribution in [0.3, 0.4) is 0 Å². The van der Waals surface area contributed by atoms with Gasteiger partial charge in [0.15, 0.2) is 0 Å². The summed E-state index contributed by atoms with van der Waals surface area (Å²) in [7, 11) is 0. The lowest BCUT2D eigenvalue weighted by Crippen LogP contribution is -1.96. The number of thioether (sulfide) groups is 1. The van der Waals surface area contributed by atoms with Crippen LogP contribution in [0, 0.1) is 0 Å². The molecular formula is C9H7ClN2OS2. The first-order valence-corrected chi connectivity index (χ1v) is 6.87. The van der Waals surface area contributed by atoms with Crippen molar-refractivity contribution < 1.29 is 4.52 Å². The molecule has 3 nitrogen and oxygen atoms in total. The van der Waals surface area contributed by atoms with Gasteiger partial charge in [-0.25, -0.2) is 0 Å². The maximum atomic E-state index is 5.62. The molecule has 3 heterocycles. The fourth-order valence-corrected chi connectivity index (χ4v) is 3.96. The number of aryl methyl sites for hydroxylation is 1. The van der Waals surface area contributed by atoms with Crippen molar-refractivity contribution in [2.45, 2.75) is 12.2 Å². The van der Waals surface area contributed by atoms with E-state index in [-0.39, 0.29) is 5.28 Å². The van der Waals surface area contributed by atoms with Crippen LogP contribution in [0.1, 0.15) is 10.4 Å². The molecule has 2 aromatic rings. The van der Waals surface area contributed by atoms with Crippen molar-refractivity contribution in [1.29, 1.82) is 0 Å². The molecule has 0 bridgehead atoms. The first-order chi connectivity index (χ1) is 7.33. The lowest BCUT2D eigenvalue weighted by atomic mass is 10.2. The molecule has 6 heteroatoms. The summed E-state index contributed by atoms with van der Waals surface area (Å²) in [6.07, 6.45) is 1.15. The molecule has 0 aliphatic carbocycles. The van der Waals surface area contributed by atoms with Gasteiger partial charge in [-0.2, -0.15) is 16.7 Å². The molecule has 78 valence electrons. The summed E-state index contributed by atoms with van der Waals surface area (Å²) in [6.45, 7) is 0. The van der Waals surface area contributed by atoms with E-state index in [2.05, 4.69) is 16.2 Å². The summed E-state index contributed by atoms with van der Waals surface area (Å²) in [5.74, 6) is 2.83. The number of rotatable bonds is 1. The van der Waals surface area contributed by atoms with Crippen molar-refractivity contribution in [2.75, 3.05) is 5.75 Å². The molecule has 0 unspecified atom stereocenters. The molecule has 1 aliphatic rings. The van der Waals surface area contributed by atoms with Crippen molar-refractivity contribution in [3.05, 3.63) is 21.8 Å². The summed E-state index contributed by atoms with van der Waals surface area (Å²) in [4.78, 5) is 6.49. The molecule has 0 atom stereocenters. The molecule has 0 radical (unpaired) electrons. The van der Waals surface area contributed by atoms with Gasteiger partial charge in [0.1, 0.15) is 0 Å². The SMILES string of the molecule is Clc1noc(-c2cc3c(s2)CCSC3)n1. The second-order valence-electron chi connectivity index (χ2n) is 3.23. The smallest absolute Gasteiger partial charge is 0.269 e. The third-order valence-corrected chi connectivity index (χ3v) is 4.63. The molecule has 1 aliphatic heterocycles. The van der Waals surface area contributed by atoms with E-state index >= 15 is 0 Å². The van der Waals surface area contributed by atoms with Crippen molar-refractivity contribution in [3.63, 3.8) is 0 Å². The number of halogens is 1. The highest BCUT2D eigenvalue weighted by molar-refractivity contribution is 7.98. The molecule has 0 saturated heterocycles. The Bertz CT molecular complexity index is 471. The Kier molecular flexibility index (Phi) is 2.46. The highest BCUT2D eigenvalue weighted by Gasteiger charge is 2.17. The zero-order valence-electron chi connectivity index (χ0n) is 7.70. The van der Waals surface area contributed by atoms with E-state index in [1.807, 2.05) is 11.8 Å². The van der Waals surface area contributed by atoms with Crippen LogP contribution >= 0.6 is 34.7 Å². The zero-order chi connectivity index (χ0) is 10.3. The van der Waals surface area contributed by atoms with Crippen molar-refractivity contribution in [2.24, 2.45) is 0 Å². The van der Waals surface area contributed by atoms with Gasteiger partial charge >= 0.3 is 0 Å². The summed E-state index contributed by atoms with van der Waals surface area (Å²) >= 11 is 9.32. The van der Waals surface area contributed by atoms with Gasteiger partial charge in [-0.3, -0.25) is 0 Å². The summed E-state index contributed by atoms with van der Waals surface area (Å²) < 4.78 is 5.04. The highest BCUT2D eigenvalue weighted by Crippen LogP contribution is 2.36. The Labute approximate surface area is 99.8 Å². The Morgan fingerprint density at radius 2 is 2.40 bits per heavy atom. The molecule has 0 N–H and O–H groups in total. The van der Waals surface area contributed by atoms with Gasteiger partial charge in [-0.15, -0.1) is 11.3 Å². The van der Waals surface area contributed by atoms with E-state index in [9.17, 15) is 0 Å². The minimum absolute atomic E-state index is 0.172. The van der Waals surface area contributed by atoms with Crippen LogP contribution in [0.5, 0.6) is 0 Å². The van der Waals surface area contributed by atoms with Crippen LogP contribution in [-0.2, 0) is 12.2 Å². The fourth-order valence-electron chi connectivity index (χ4n) is 1.56. The van der Waals surface area contributed by atoms with Crippen LogP contribution < -0.4 is 0 Å². The maximum Gasteiger partial charge on any atom is 0.269 e. The average Bonchev–Trinajstić information content (AvgIpc) is 2.82. The Morgan fingerprint density at radius 3 is 3.13 bits per heavy atom. The summed E-state index contributed by atoms with van der Waals surface area (Å²) in [5, 5.41) is 3.75. The Hall–Kier alpha value is -0.520. The van der Waals surface area contributed by atoms with Gasteiger partial charge in [-0.05, 0) is 40.6 Å². The minimum atomic E-state index is 0.172. The maximum absolute atomic E-state index is 5.62. The molecule has 15 heavy (non-hydrogen) atoms. The standard InChI is InChI=1S/C9H7ClN2OS2/c10-9-11-8(13-12-9)7-3-5-4-14-2-1-6(5)15-7/h3H,1-2,4H2. The van der Waals surface area contributed by atoms with Crippen molar-refractivity contribution >= 4 is 34.7 Å². The number of nitrogens with zero attached hydrogens (tertiary/aromatic N) is 2. The van der Waals surface area contributed by atoms with E-state index in [1.54, 1.807) is 11.3 Å². The number of aromatic nitrogens is 2. The van der Waals surface area contributed by atoms with Crippen LogP contribution in [0.25, 0.3) is 10.8 Å². The first-order valence-electron chi connectivity index (χ1n) is 4.52. The predicted octanol–water partition coefficient (Wildman–Crippen LogP) is 3.24. The minimum Gasteiger partial charge on any atom is -0.332 e. The van der Waals surface area contributed by atoms with Gasteiger partial charge in [0.25, 0.3) is 11.2 Å². The van der Waals surface area contributed by atoms with Gasteiger partial charge in [0.05, 0.1) is 4.88 Å². The molecule has 0 aromatic carbocycles. The Balaban J connectivity index is 2.02.